The lowest BCUT2D eigenvalue weighted by molar-refractivity contribution is -0.684. The summed E-state index contributed by atoms with van der Waals surface area (Å²) in [5.74, 6) is 1.03. The number of fused-ring (bicyclic) bond motifs is 1. The van der Waals surface area contributed by atoms with Crippen LogP contribution in [-0.4, -0.2) is 9.78 Å². The third kappa shape index (κ3) is 1.58. The normalized spacial score (nSPS) is 13.1. The van der Waals surface area contributed by atoms with E-state index in [-0.39, 0.29) is 0 Å². The number of aryl methyl sites for hydroxylation is 3. The van der Waals surface area contributed by atoms with Gasteiger partial charge in [-0.3, -0.25) is 0 Å². The minimum atomic E-state index is 0.930. The van der Waals surface area contributed by atoms with Gasteiger partial charge in [-0.1, -0.05) is 22.4 Å². The molecule has 0 N–H and O–H groups in total. The first-order valence-electron chi connectivity index (χ1n) is 5.89. The largest absolute Gasteiger partial charge is 0.302 e. The molecule has 0 radical (unpaired) electrons. The number of hydrogen-bond acceptors (Lipinski definition) is 1. The molecule has 1 aliphatic heterocycles. The summed E-state index contributed by atoms with van der Waals surface area (Å²) in [5.41, 5.74) is 5.04. The van der Waals surface area contributed by atoms with Crippen LogP contribution in [0.5, 0.6) is 0 Å². The monoisotopic (exact) mass is 226 g/mol. The van der Waals surface area contributed by atoms with Crippen molar-refractivity contribution in [3.63, 3.8) is 0 Å². The van der Waals surface area contributed by atoms with E-state index in [1.165, 1.54) is 22.4 Å². The Labute approximate surface area is 101 Å². The van der Waals surface area contributed by atoms with Crippen molar-refractivity contribution in [2.24, 2.45) is 0 Å². The molecule has 1 aliphatic rings. The molecular formula is C14H16N3+. The maximum Gasteiger partial charge on any atom is 0.302 e. The van der Waals surface area contributed by atoms with Crippen molar-refractivity contribution in [3.8, 4) is 5.69 Å². The molecule has 86 valence electrons. The zero-order chi connectivity index (χ0) is 12.0. The van der Waals surface area contributed by atoms with E-state index in [2.05, 4.69) is 61.0 Å². The minimum Gasteiger partial charge on any atom is -0.227 e. The van der Waals surface area contributed by atoms with Gasteiger partial charge in [0.05, 0.1) is 11.6 Å². The van der Waals surface area contributed by atoms with Crippen LogP contribution in [0.15, 0.2) is 24.5 Å². The molecule has 0 saturated heterocycles. The van der Waals surface area contributed by atoms with Gasteiger partial charge in [0.2, 0.25) is 6.33 Å². The number of aromatic nitrogens is 3. The number of rotatable bonds is 1. The van der Waals surface area contributed by atoms with Crippen LogP contribution in [-0.2, 0) is 6.54 Å². The van der Waals surface area contributed by atoms with Crippen LogP contribution < -0.4 is 4.57 Å². The van der Waals surface area contributed by atoms with Crippen molar-refractivity contribution in [1.82, 2.24) is 9.78 Å². The van der Waals surface area contributed by atoms with E-state index in [4.69, 9.17) is 0 Å². The van der Waals surface area contributed by atoms with E-state index in [1.807, 2.05) is 4.68 Å². The fourth-order valence-corrected chi connectivity index (χ4v) is 2.57. The maximum absolute atomic E-state index is 4.61. The zero-order valence-corrected chi connectivity index (χ0v) is 10.4. The summed E-state index contributed by atoms with van der Waals surface area (Å²) in [6, 6.07) is 4.41. The van der Waals surface area contributed by atoms with Gasteiger partial charge in [-0.25, -0.2) is 4.57 Å². The highest BCUT2D eigenvalue weighted by atomic mass is 15.4. The summed E-state index contributed by atoms with van der Waals surface area (Å²) >= 11 is 0. The smallest absolute Gasteiger partial charge is 0.227 e. The Morgan fingerprint density at radius 3 is 2.53 bits per heavy atom. The van der Waals surface area contributed by atoms with Gasteiger partial charge in [-0.15, -0.1) is 0 Å². The van der Waals surface area contributed by atoms with E-state index in [9.17, 15) is 0 Å². The highest BCUT2D eigenvalue weighted by Gasteiger charge is 2.21. The highest BCUT2D eigenvalue weighted by molar-refractivity contribution is 5.49. The van der Waals surface area contributed by atoms with Crippen LogP contribution in [0, 0.1) is 20.8 Å². The van der Waals surface area contributed by atoms with Crippen molar-refractivity contribution in [2.75, 3.05) is 0 Å². The molecule has 3 nitrogen and oxygen atoms in total. The second kappa shape index (κ2) is 3.55. The molecule has 1 aromatic heterocycles. The Morgan fingerprint density at radius 2 is 1.88 bits per heavy atom. The van der Waals surface area contributed by atoms with Crippen LogP contribution in [0.1, 0.15) is 22.5 Å². The van der Waals surface area contributed by atoms with Crippen molar-refractivity contribution in [3.05, 3.63) is 47.1 Å². The Bertz CT molecular complexity index is 597. The lowest BCUT2D eigenvalue weighted by Gasteiger charge is -2.05. The number of nitrogens with zero attached hydrogens (tertiary/aromatic N) is 3. The Balaban J connectivity index is 2.18. The number of benzene rings is 1. The molecule has 3 heteroatoms. The van der Waals surface area contributed by atoms with Gasteiger partial charge in [0.15, 0.2) is 0 Å². The van der Waals surface area contributed by atoms with Gasteiger partial charge >= 0.3 is 5.82 Å². The first kappa shape index (κ1) is 10.3. The predicted octanol–water partition coefficient (Wildman–Crippen LogP) is 2.11. The SMILES string of the molecule is Cc1cc(C)c(-n2c[n+]3c(n2)C=CC3)c(C)c1. The predicted molar refractivity (Wildman–Crippen MR) is 67.0 cm³/mol. The summed E-state index contributed by atoms with van der Waals surface area (Å²) in [4.78, 5) is 0. The molecule has 0 atom stereocenters. The molecule has 0 saturated carbocycles. The molecule has 2 heterocycles. The summed E-state index contributed by atoms with van der Waals surface area (Å²) in [6.45, 7) is 7.34. The van der Waals surface area contributed by atoms with Gasteiger partial charge in [0, 0.05) is 6.08 Å². The lowest BCUT2D eigenvalue weighted by atomic mass is 10.1. The molecule has 0 unspecified atom stereocenters. The molecule has 0 amide bonds. The Morgan fingerprint density at radius 1 is 1.18 bits per heavy atom. The van der Waals surface area contributed by atoms with Gasteiger partial charge < -0.3 is 0 Å². The highest BCUT2D eigenvalue weighted by Crippen LogP contribution is 2.20. The quantitative estimate of drug-likeness (QED) is 0.682. The van der Waals surface area contributed by atoms with Crippen LogP contribution in [0.2, 0.25) is 0 Å². The van der Waals surface area contributed by atoms with Crippen LogP contribution >= 0.6 is 0 Å². The molecule has 0 fully saturated rings. The summed E-state index contributed by atoms with van der Waals surface area (Å²) < 4.78 is 4.14. The standard InChI is InChI=1S/C14H16N3/c1-10-7-11(2)14(12(3)8-10)17-9-16-6-4-5-13(16)15-17/h4-5,7-9H,6H2,1-3H3/q+1. The third-order valence-corrected chi connectivity index (χ3v) is 3.19. The van der Waals surface area contributed by atoms with E-state index in [0.29, 0.717) is 0 Å². The van der Waals surface area contributed by atoms with E-state index < -0.39 is 0 Å². The van der Waals surface area contributed by atoms with Gasteiger partial charge in [0.25, 0.3) is 0 Å². The van der Waals surface area contributed by atoms with E-state index >= 15 is 0 Å². The van der Waals surface area contributed by atoms with Crippen LogP contribution in [0.25, 0.3) is 11.8 Å². The summed E-state index contributed by atoms with van der Waals surface area (Å²) in [5, 5.41) is 4.61. The van der Waals surface area contributed by atoms with E-state index in [0.717, 1.165) is 12.4 Å². The second-order valence-electron chi connectivity index (χ2n) is 4.72. The molecule has 17 heavy (non-hydrogen) atoms. The van der Waals surface area contributed by atoms with Gasteiger partial charge in [0.1, 0.15) is 5.69 Å². The topological polar surface area (TPSA) is 21.7 Å². The van der Waals surface area contributed by atoms with Crippen molar-refractivity contribution in [2.45, 2.75) is 27.3 Å². The molecule has 0 bridgehead atoms. The van der Waals surface area contributed by atoms with Gasteiger partial charge in [-0.05, 0) is 38.0 Å². The Kier molecular flexibility index (Phi) is 2.15. The molecule has 1 aromatic carbocycles. The molecule has 3 rings (SSSR count). The van der Waals surface area contributed by atoms with Crippen LogP contribution in [0.4, 0.5) is 0 Å². The average molecular weight is 226 g/mol. The fourth-order valence-electron chi connectivity index (χ4n) is 2.57. The Hall–Kier alpha value is -1.90. The zero-order valence-electron chi connectivity index (χ0n) is 10.4. The number of allylic oxidation sites excluding steroid dienone is 1. The molecular weight excluding hydrogens is 210 g/mol. The first-order chi connectivity index (χ1) is 8.15. The first-order valence-corrected chi connectivity index (χ1v) is 5.89. The molecule has 0 spiro atoms. The summed E-state index contributed by atoms with van der Waals surface area (Å²) in [6.07, 6.45) is 6.26. The maximum atomic E-state index is 4.61. The van der Waals surface area contributed by atoms with E-state index in [1.54, 1.807) is 0 Å². The van der Waals surface area contributed by atoms with Crippen molar-refractivity contribution in [1.29, 1.82) is 0 Å². The summed E-state index contributed by atoms with van der Waals surface area (Å²) in [7, 11) is 0. The van der Waals surface area contributed by atoms with Gasteiger partial charge in [-0.2, -0.15) is 0 Å². The lowest BCUT2D eigenvalue weighted by Crippen LogP contribution is -2.30. The fraction of sp³-hybridized carbons (Fsp3) is 0.286. The second-order valence-corrected chi connectivity index (χ2v) is 4.72. The van der Waals surface area contributed by atoms with Crippen molar-refractivity contribution < 1.29 is 4.57 Å². The van der Waals surface area contributed by atoms with Crippen LogP contribution in [0.3, 0.4) is 0 Å². The third-order valence-electron chi connectivity index (χ3n) is 3.19. The minimum absolute atomic E-state index is 0.930. The molecule has 2 aromatic rings. The molecule has 0 aliphatic carbocycles. The number of hydrogen-bond donors (Lipinski definition) is 0. The average Bonchev–Trinajstić information content (AvgIpc) is 2.75. The van der Waals surface area contributed by atoms with Crippen molar-refractivity contribution >= 4 is 6.08 Å².